The number of methoxy groups -OCH3 is 1. The third-order valence-electron chi connectivity index (χ3n) is 4.79. The highest BCUT2D eigenvalue weighted by Gasteiger charge is 2.29. The summed E-state index contributed by atoms with van der Waals surface area (Å²) in [6.07, 6.45) is 0.468. The van der Waals surface area contributed by atoms with Crippen molar-refractivity contribution in [2.75, 3.05) is 20.2 Å². The number of halogens is 1. The zero-order chi connectivity index (χ0) is 18.0. The monoisotopic (exact) mass is 361 g/mol. The average Bonchev–Trinajstić information content (AvgIpc) is 2.65. The van der Waals surface area contributed by atoms with Crippen LogP contribution >= 0.6 is 11.6 Å². The van der Waals surface area contributed by atoms with Crippen LogP contribution in [0.3, 0.4) is 0 Å². The van der Waals surface area contributed by atoms with Gasteiger partial charge in [0.25, 0.3) is 0 Å². The van der Waals surface area contributed by atoms with E-state index in [-0.39, 0.29) is 18.2 Å². The Morgan fingerprint density at radius 3 is 2.80 bits per heavy atom. The number of likely N-dealkylation sites (tertiary alicyclic amines) is 1. The molecule has 0 radical (unpaired) electrons. The minimum Gasteiger partial charge on any atom is -0.496 e. The van der Waals surface area contributed by atoms with Gasteiger partial charge in [-0.2, -0.15) is 0 Å². The molecule has 1 aliphatic heterocycles. The highest BCUT2D eigenvalue weighted by atomic mass is 35.5. The minimum absolute atomic E-state index is 0.00362. The summed E-state index contributed by atoms with van der Waals surface area (Å²) in [7, 11) is 1.60. The Hall–Kier alpha value is -2.27. The van der Waals surface area contributed by atoms with Crippen LogP contribution < -0.4 is 4.74 Å². The molecular weight excluding hydrogens is 342 g/mol. The minimum atomic E-state index is -0.963. The smallest absolute Gasteiger partial charge is 0.407 e. The molecule has 1 amide bonds. The number of fused-ring (bicyclic) bond motifs is 1. The van der Waals surface area contributed by atoms with E-state index in [2.05, 4.69) is 0 Å². The zero-order valence-corrected chi connectivity index (χ0v) is 14.8. The quantitative estimate of drug-likeness (QED) is 0.656. The Labute approximate surface area is 151 Å². The molecule has 1 atom stereocenters. The van der Waals surface area contributed by atoms with Gasteiger partial charge in [-0.05, 0) is 35.7 Å². The lowest BCUT2D eigenvalue weighted by molar-refractivity contribution is 0.0807. The number of piperidine rings is 1. The number of hydrogen-bond acceptors (Lipinski definition) is 3. The summed E-state index contributed by atoms with van der Waals surface area (Å²) < 4.78 is 5.34. The number of nitrogens with zero attached hydrogens (tertiary/aromatic N) is 1. The summed E-state index contributed by atoms with van der Waals surface area (Å²) in [4.78, 5) is 25.3. The van der Waals surface area contributed by atoms with Gasteiger partial charge in [-0.15, -0.1) is 11.6 Å². The van der Waals surface area contributed by atoms with Crippen molar-refractivity contribution in [2.45, 2.75) is 18.7 Å². The average molecular weight is 362 g/mol. The van der Waals surface area contributed by atoms with Crippen LogP contribution in [0, 0.1) is 5.92 Å². The van der Waals surface area contributed by atoms with Crippen LogP contribution in [0.1, 0.15) is 28.8 Å². The molecule has 1 saturated heterocycles. The Balaban J connectivity index is 1.91. The number of carboxylic acid groups (broad SMARTS) is 1. The number of benzene rings is 2. The number of ether oxygens (including phenoxy) is 1. The summed E-state index contributed by atoms with van der Waals surface area (Å²) in [6.45, 7) is 0.761. The Kier molecular flexibility index (Phi) is 5.13. The second-order valence-corrected chi connectivity index (χ2v) is 6.52. The Bertz CT molecular complexity index is 820. The molecule has 1 fully saturated rings. The van der Waals surface area contributed by atoms with Crippen LogP contribution in [0.4, 0.5) is 4.79 Å². The van der Waals surface area contributed by atoms with E-state index in [0.29, 0.717) is 24.4 Å². The van der Waals surface area contributed by atoms with Gasteiger partial charge in [0.1, 0.15) is 5.75 Å². The molecule has 0 aliphatic carbocycles. The number of ketones is 1. The first-order valence-corrected chi connectivity index (χ1v) is 8.76. The van der Waals surface area contributed by atoms with Crippen molar-refractivity contribution in [3.8, 4) is 5.75 Å². The summed E-state index contributed by atoms with van der Waals surface area (Å²) >= 11 is 6.05. The van der Waals surface area contributed by atoms with Gasteiger partial charge in [0.15, 0.2) is 5.78 Å². The number of hydrogen-bond donors (Lipinski definition) is 1. The van der Waals surface area contributed by atoms with Crippen LogP contribution in [-0.2, 0) is 5.88 Å². The van der Waals surface area contributed by atoms with E-state index in [1.165, 1.54) is 4.90 Å². The predicted molar refractivity (Wildman–Crippen MR) is 96.7 cm³/mol. The number of amides is 1. The van der Waals surface area contributed by atoms with Crippen LogP contribution in [0.5, 0.6) is 5.75 Å². The molecule has 0 spiro atoms. The summed E-state index contributed by atoms with van der Waals surface area (Å²) in [5.41, 5.74) is 1.51. The van der Waals surface area contributed by atoms with Crippen molar-refractivity contribution in [1.82, 2.24) is 4.90 Å². The van der Waals surface area contributed by atoms with Crippen molar-refractivity contribution < 1.29 is 19.4 Å². The molecule has 6 heteroatoms. The molecule has 2 aromatic rings. The lowest BCUT2D eigenvalue weighted by Gasteiger charge is -2.29. The van der Waals surface area contributed by atoms with E-state index < -0.39 is 6.09 Å². The molecule has 0 bridgehead atoms. The first-order valence-electron chi connectivity index (χ1n) is 8.22. The van der Waals surface area contributed by atoms with Gasteiger partial charge in [0.2, 0.25) is 0 Å². The van der Waals surface area contributed by atoms with Gasteiger partial charge < -0.3 is 14.7 Å². The fourth-order valence-electron chi connectivity index (χ4n) is 3.46. The number of carbonyl (C=O) groups is 2. The van der Waals surface area contributed by atoms with Crippen LogP contribution in [0.15, 0.2) is 30.3 Å². The van der Waals surface area contributed by atoms with Crippen molar-refractivity contribution in [1.29, 1.82) is 0 Å². The van der Waals surface area contributed by atoms with Crippen molar-refractivity contribution >= 4 is 34.2 Å². The summed E-state index contributed by atoms with van der Waals surface area (Å²) in [5, 5.41) is 11.0. The normalized spacial score (nSPS) is 17.5. The lowest BCUT2D eigenvalue weighted by atomic mass is 9.89. The molecule has 1 N–H and O–H groups in total. The fraction of sp³-hybridized carbons (Fsp3) is 0.368. The third kappa shape index (κ3) is 3.42. The van der Waals surface area contributed by atoms with E-state index in [1.54, 1.807) is 13.2 Å². The van der Waals surface area contributed by atoms with Crippen molar-refractivity contribution in [3.05, 3.63) is 41.5 Å². The van der Waals surface area contributed by atoms with Gasteiger partial charge >= 0.3 is 6.09 Å². The highest BCUT2D eigenvalue weighted by molar-refractivity contribution is 6.18. The second kappa shape index (κ2) is 7.31. The molecule has 0 saturated carbocycles. The second-order valence-electron chi connectivity index (χ2n) is 6.25. The van der Waals surface area contributed by atoms with Crippen molar-refractivity contribution in [2.24, 2.45) is 5.92 Å². The predicted octanol–water partition coefficient (Wildman–Crippen LogP) is 4.16. The molecule has 25 heavy (non-hydrogen) atoms. The third-order valence-corrected chi connectivity index (χ3v) is 5.06. The van der Waals surface area contributed by atoms with Crippen LogP contribution in [-0.4, -0.2) is 42.1 Å². The Morgan fingerprint density at radius 1 is 1.32 bits per heavy atom. The maximum atomic E-state index is 12.8. The van der Waals surface area contributed by atoms with Gasteiger partial charge in [-0.3, -0.25) is 4.79 Å². The molecule has 0 aromatic heterocycles. The van der Waals surface area contributed by atoms with Gasteiger partial charge in [-0.1, -0.05) is 18.2 Å². The number of Topliss-reactive ketones (excluding diaryl/α,β-unsaturated/α-hetero) is 1. The number of alkyl halides is 1. The molecule has 1 heterocycles. The molecule has 5 nitrogen and oxygen atoms in total. The number of carbonyl (C=O) groups excluding carboxylic acids is 1. The summed E-state index contributed by atoms with van der Waals surface area (Å²) in [6, 6.07) is 9.29. The van der Waals surface area contributed by atoms with Crippen LogP contribution in [0.25, 0.3) is 10.8 Å². The standard InChI is InChI=1S/C19H20ClNO4/c1-25-17-7-5-12-9-13(4-6-15(12)16(17)10-20)18(22)14-3-2-8-21(11-14)19(23)24/h4-7,9,14H,2-3,8,10-11H2,1H3,(H,23,24). The maximum absolute atomic E-state index is 12.8. The maximum Gasteiger partial charge on any atom is 0.407 e. The van der Waals surface area contributed by atoms with Gasteiger partial charge in [0, 0.05) is 30.1 Å². The largest absolute Gasteiger partial charge is 0.496 e. The van der Waals surface area contributed by atoms with Crippen LogP contribution in [0.2, 0.25) is 0 Å². The van der Waals surface area contributed by atoms with E-state index in [4.69, 9.17) is 21.4 Å². The van der Waals surface area contributed by atoms with E-state index >= 15 is 0 Å². The highest BCUT2D eigenvalue weighted by Crippen LogP contribution is 2.31. The number of rotatable bonds is 4. The SMILES string of the molecule is COc1ccc2cc(C(=O)C3CCCN(C(=O)O)C3)ccc2c1CCl. The molecule has 2 aromatic carbocycles. The molecule has 132 valence electrons. The molecule has 3 rings (SSSR count). The molecule has 1 unspecified atom stereocenters. The topological polar surface area (TPSA) is 66.8 Å². The first-order chi connectivity index (χ1) is 12.0. The zero-order valence-electron chi connectivity index (χ0n) is 14.0. The van der Waals surface area contributed by atoms with Gasteiger partial charge in [-0.25, -0.2) is 4.79 Å². The van der Waals surface area contributed by atoms with E-state index in [1.807, 2.05) is 24.3 Å². The first kappa shape index (κ1) is 17.5. The molecule has 1 aliphatic rings. The van der Waals surface area contributed by atoms with Gasteiger partial charge in [0.05, 0.1) is 13.0 Å². The summed E-state index contributed by atoms with van der Waals surface area (Å²) in [5.74, 6) is 0.763. The lowest BCUT2D eigenvalue weighted by Crippen LogP contribution is -2.41. The van der Waals surface area contributed by atoms with E-state index in [9.17, 15) is 9.59 Å². The Morgan fingerprint density at radius 2 is 2.12 bits per heavy atom. The van der Waals surface area contributed by atoms with Crippen molar-refractivity contribution in [3.63, 3.8) is 0 Å². The van der Waals surface area contributed by atoms with E-state index in [0.717, 1.165) is 28.5 Å². The fourth-order valence-corrected chi connectivity index (χ4v) is 3.73. The molecular formula is C19H20ClNO4.